The molecule has 0 spiro atoms. The summed E-state index contributed by atoms with van der Waals surface area (Å²) in [5.74, 6) is 0.00224. The highest BCUT2D eigenvalue weighted by atomic mass is 32.1. The maximum Gasteiger partial charge on any atom is 0.257 e. The topological polar surface area (TPSA) is 79.5 Å². The number of benzene rings is 4. The molecule has 0 fully saturated rings. The van der Waals surface area contributed by atoms with Crippen molar-refractivity contribution in [1.82, 2.24) is 5.32 Å². The predicted molar refractivity (Wildman–Crippen MR) is 151 cm³/mol. The summed E-state index contributed by atoms with van der Waals surface area (Å²) in [6.07, 6.45) is 0.771. The van der Waals surface area contributed by atoms with Gasteiger partial charge in [0, 0.05) is 28.9 Å². The van der Waals surface area contributed by atoms with Crippen LogP contribution >= 0.6 is 12.2 Å². The Balaban J connectivity index is 1.31. The van der Waals surface area contributed by atoms with Crippen LogP contribution in [0.2, 0.25) is 0 Å². The van der Waals surface area contributed by atoms with Crippen LogP contribution in [0.15, 0.2) is 103 Å². The predicted octanol–water partition coefficient (Wildman–Crippen LogP) is 6.00. The second-order valence-electron chi connectivity index (χ2n) is 8.42. The summed E-state index contributed by atoms with van der Waals surface area (Å²) in [6.45, 7) is 2.47. The Morgan fingerprint density at radius 2 is 1.41 bits per heavy atom. The average molecular weight is 510 g/mol. The molecule has 2 amide bonds. The van der Waals surface area contributed by atoms with E-state index in [0.29, 0.717) is 29.2 Å². The molecule has 37 heavy (non-hydrogen) atoms. The summed E-state index contributed by atoms with van der Waals surface area (Å²) >= 11 is 5.32. The first-order valence-corrected chi connectivity index (χ1v) is 12.2. The van der Waals surface area contributed by atoms with Gasteiger partial charge < -0.3 is 15.4 Å². The van der Waals surface area contributed by atoms with E-state index in [1.807, 2.05) is 67.6 Å². The average Bonchev–Trinajstić information content (AvgIpc) is 2.89. The molecule has 4 aromatic rings. The van der Waals surface area contributed by atoms with Gasteiger partial charge in [-0.15, -0.1) is 0 Å². The summed E-state index contributed by atoms with van der Waals surface area (Å²) in [7, 11) is 0. The van der Waals surface area contributed by atoms with Gasteiger partial charge in [-0.05, 0) is 78.8 Å². The van der Waals surface area contributed by atoms with Gasteiger partial charge in [0.25, 0.3) is 11.8 Å². The van der Waals surface area contributed by atoms with Gasteiger partial charge in [0.1, 0.15) is 5.75 Å². The van der Waals surface area contributed by atoms with Crippen molar-refractivity contribution in [3.05, 3.63) is 125 Å². The lowest BCUT2D eigenvalue weighted by Crippen LogP contribution is -2.34. The highest BCUT2D eigenvalue weighted by Crippen LogP contribution is 2.16. The van der Waals surface area contributed by atoms with E-state index in [1.54, 1.807) is 42.5 Å². The summed E-state index contributed by atoms with van der Waals surface area (Å²) in [5, 5.41) is 8.64. The van der Waals surface area contributed by atoms with Gasteiger partial charge in [0.2, 0.25) is 0 Å². The van der Waals surface area contributed by atoms with Crippen molar-refractivity contribution in [2.24, 2.45) is 0 Å². The largest absolute Gasteiger partial charge is 0.493 e. The number of nitrogens with one attached hydrogen (secondary N) is 3. The van der Waals surface area contributed by atoms with Gasteiger partial charge in [-0.2, -0.15) is 0 Å². The van der Waals surface area contributed by atoms with E-state index in [4.69, 9.17) is 17.0 Å². The van der Waals surface area contributed by atoms with Crippen molar-refractivity contribution in [2.75, 3.05) is 17.2 Å². The Hall–Kier alpha value is -4.49. The fourth-order valence-corrected chi connectivity index (χ4v) is 3.87. The molecule has 0 aromatic heterocycles. The highest BCUT2D eigenvalue weighted by Gasteiger charge is 2.11. The first-order valence-electron chi connectivity index (χ1n) is 11.8. The second-order valence-corrected chi connectivity index (χ2v) is 8.83. The zero-order valence-electron chi connectivity index (χ0n) is 20.4. The van der Waals surface area contributed by atoms with Gasteiger partial charge in [0.05, 0.1) is 6.61 Å². The quantitative estimate of drug-likeness (QED) is 0.254. The molecule has 0 radical (unpaired) electrons. The van der Waals surface area contributed by atoms with E-state index in [0.717, 1.165) is 17.7 Å². The number of rotatable bonds is 8. The molecule has 0 aliphatic carbocycles. The van der Waals surface area contributed by atoms with E-state index in [9.17, 15) is 9.59 Å². The molecule has 0 saturated heterocycles. The molecular weight excluding hydrogens is 482 g/mol. The number of thiocarbonyl (C=S) groups is 1. The van der Waals surface area contributed by atoms with Gasteiger partial charge in [-0.1, -0.05) is 54.6 Å². The third-order valence-electron chi connectivity index (χ3n) is 5.48. The number of aryl methyl sites for hydroxylation is 1. The summed E-state index contributed by atoms with van der Waals surface area (Å²) < 4.78 is 5.82. The van der Waals surface area contributed by atoms with Crippen molar-refractivity contribution in [1.29, 1.82) is 0 Å². The molecule has 0 bridgehead atoms. The maximum atomic E-state index is 12.7. The van der Waals surface area contributed by atoms with E-state index >= 15 is 0 Å². The third-order valence-corrected chi connectivity index (χ3v) is 5.69. The van der Waals surface area contributed by atoms with Crippen LogP contribution in [0, 0.1) is 6.92 Å². The molecular formula is C30H27N3O3S. The summed E-state index contributed by atoms with van der Waals surface area (Å²) in [5.41, 5.74) is 4.43. The van der Waals surface area contributed by atoms with Crippen LogP contribution in [0.5, 0.6) is 5.75 Å². The van der Waals surface area contributed by atoms with Gasteiger partial charge in [0.15, 0.2) is 5.11 Å². The third kappa shape index (κ3) is 7.75. The Bertz CT molecular complexity index is 1410. The standard InChI is InChI=1S/C30H27N3O3S/c1-21-8-5-13-25(18-21)31-28(34)23-11-6-14-26(19-23)32-30(37)33-29(35)24-12-7-15-27(20-24)36-17-16-22-9-3-2-4-10-22/h2-15,18-20H,16-17H2,1H3,(H,31,34)(H2,32,33,35,37). The Morgan fingerprint density at radius 3 is 2.16 bits per heavy atom. The lowest BCUT2D eigenvalue weighted by Gasteiger charge is -2.12. The van der Waals surface area contributed by atoms with E-state index in [-0.39, 0.29) is 16.9 Å². The Kier molecular flexibility index (Phi) is 8.62. The SMILES string of the molecule is Cc1cccc(NC(=O)c2cccc(NC(=S)NC(=O)c3cccc(OCCc4ccccc4)c3)c2)c1. The number of hydrogen-bond donors (Lipinski definition) is 3. The number of anilines is 2. The zero-order valence-corrected chi connectivity index (χ0v) is 21.2. The van der Waals surface area contributed by atoms with Crippen LogP contribution in [0.3, 0.4) is 0 Å². The summed E-state index contributed by atoms with van der Waals surface area (Å²) in [4.78, 5) is 25.4. The number of carbonyl (C=O) groups excluding carboxylic acids is 2. The van der Waals surface area contributed by atoms with Crippen molar-refractivity contribution < 1.29 is 14.3 Å². The number of amides is 2. The van der Waals surface area contributed by atoms with E-state index in [1.165, 1.54) is 5.56 Å². The molecule has 0 aliphatic rings. The van der Waals surface area contributed by atoms with E-state index < -0.39 is 0 Å². The molecule has 4 rings (SSSR count). The lowest BCUT2D eigenvalue weighted by molar-refractivity contribution is 0.0975. The van der Waals surface area contributed by atoms with Crippen LogP contribution in [-0.4, -0.2) is 23.5 Å². The molecule has 186 valence electrons. The monoisotopic (exact) mass is 509 g/mol. The molecule has 0 heterocycles. The van der Waals surface area contributed by atoms with Crippen LogP contribution in [0.4, 0.5) is 11.4 Å². The van der Waals surface area contributed by atoms with Crippen LogP contribution in [0.25, 0.3) is 0 Å². The normalized spacial score (nSPS) is 10.3. The smallest absolute Gasteiger partial charge is 0.257 e. The van der Waals surface area contributed by atoms with Gasteiger partial charge in [-0.25, -0.2) is 0 Å². The van der Waals surface area contributed by atoms with Crippen LogP contribution < -0.4 is 20.7 Å². The summed E-state index contributed by atoms with van der Waals surface area (Å²) in [6, 6.07) is 31.5. The first-order chi connectivity index (χ1) is 18.0. The fourth-order valence-electron chi connectivity index (χ4n) is 3.66. The molecule has 7 heteroatoms. The molecule has 0 aliphatic heterocycles. The van der Waals surface area contributed by atoms with Gasteiger partial charge in [-0.3, -0.25) is 14.9 Å². The minimum absolute atomic E-state index is 0.122. The maximum absolute atomic E-state index is 12.7. The molecule has 3 N–H and O–H groups in total. The highest BCUT2D eigenvalue weighted by molar-refractivity contribution is 7.80. The molecule has 0 saturated carbocycles. The lowest BCUT2D eigenvalue weighted by atomic mass is 10.1. The molecule has 0 unspecified atom stereocenters. The van der Waals surface area contributed by atoms with Gasteiger partial charge >= 0.3 is 0 Å². The van der Waals surface area contributed by atoms with Crippen molar-refractivity contribution in [2.45, 2.75) is 13.3 Å². The number of ether oxygens (including phenoxy) is 1. The molecule has 6 nitrogen and oxygen atoms in total. The number of hydrogen-bond acceptors (Lipinski definition) is 4. The number of carbonyl (C=O) groups is 2. The molecule has 4 aromatic carbocycles. The van der Waals surface area contributed by atoms with E-state index in [2.05, 4.69) is 16.0 Å². The molecule has 0 atom stereocenters. The first kappa shape index (κ1) is 25.6. The zero-order chi connectivity index (χ0) is 26.0. The van der Waals surface area contributed by atoms with Crippen molar-refractivity contribution in [3.63, 3.8) is 0 Å². The van der Waals surface area contributed by atoms with Crippen LogP contribution in [0.1, 0.15) is 31.8 Å². The van der Waals surface area contributed by atoms with Crippen molar-refractivity contribution >= 4 is 40.5 Å². The minimum atomic E-state index is -0.362. The Labute approximate surface area is 221 Å². The minimum Gasteiger partial charge on any atom is -0.493 e. The van der Waals surface area contributed by atoms with Crippen molar-refractivity contribution in [3.8, 4) is 5.75 Å². The van der Waals surface area contributed by atoms with Crippen LogP contribution in [-0.2, 0) is 6.42 Å². The second kappa shape index (κ2) is 12.5. The fraction of sp³-hybridized carbons (Fsp3) is 0.100. The Morgan fingerprint density at radius 1 is 0.730 bits per heavy atom.